The van der Waals surface area contributed by atoms with Crippen LogP contribution in [0.15, 0.2) is 6.20 Å². The van der Waals surface area contributed by atoms with E-state index in [2.05, 4.69) is 15.2 Å². The molecule has 0 radical (unpaired) electrons. The summed E-state index contributed by atoms with van der Waals surface area (Å²) in [5, 5.41) is 3.36. The van der Waals surface area contributed by atoms with Gasteiger partial charge in [0.25, 0.3) is 0 Å². The topological polar surface area (TPSA) is 58.1 Å². The lowest BCUT2D eigenvalue weighted by Gasteiger charge is -2.34. The van der Waals surface area contributed by atoms with Gasteiger partial charge in [0.15, 0.2) is 0 Å². The molecule has 1 amide bonds. The molecular weight excluding hydrogens is 288 g/mol. The van der Waals surface area contributed by atoms with Crippen LogP contribution in [-0.4, -0.2) is 40.4 Å². The van der Waals surface area contributed by atoms with Gasteiger partial charge in [-0.25, -0.2) is 9.97 Å². The molecule has 1 aliphatic carbocycles. The number of amides is 1. The van der Waals surface area contributed by atoms with Gasteiger partial charge in [0.1, 0.15) is 5.82 Å². The number of carbonyl (C=O) groups excluding carboxylic acids is 1. The van der Waals surface area contributed by atoms with Gasteiger partial charge in [0, 0.05) is 61.9 Å². The van der Waals surface area contributed by atoms with Crippen LogP contribution < -0.4 is 5.32 Å². The van der Waals surface area contributed by atoms with Crippen LogP contribution in [0.5, 0.6) is 0 Å². The zero-order valence-electron chi connectivity index (χ0n) is 13.8. The molecule has 1 aromatic heterocycles. The van der Waals surface area contributed by atoms with E-state index in [0.717, 1.165) is 64.1 Å². The van der Waals surface area contributed by atoms with E-state index < -0.39 is 0 Å². The Labute approximate surface area is 137 Å². The van der Waals surface area contributed by atoms with E-state index in [-0.39, 0.29) is 5.92 Å². The zero-order chi connectivity index (χ0) is 15.6. The fourth-order valence-corrected chi connectivity index (χ4v) is 4.27. The second-order valence-electron chi connectivity index (χ2n) is 7.23. The summed E-state index contributed by atoms with van der Waals surface area (Å²) in [5.74, 6) is 1.93. The molecule has 5 nitrogen and oxygen atoms in total. The Hall–Kier alpha value is -1.49. The summed E-state index contributed by atoms with van der Waals surface area (Å²) in [6.45, 7) is 3.61. The van der Waals surface area contributed by atoms with Crippen molar-refractivity contribution in [3.05, 3.63) is 23.3 Å². The van der Waals surface area contributed by atoms with E-state index in [1.165, 1.54) is 24.1 Å². The standard InChI is InChI=1S/C18H26N4O/c23-18(13-4-1-2-5-13)22-9-3-6-14(12-22)17-20-11-15-10-19-8-7-16(15)21-17/h11,13-14,19H,1-10,12H2/t14-/m1/s1. The number of rotatable bonds is 2. The molecule has 23 heavy (non-hydrogen) atoms. The molecule has 0 aromatic carbocycles. The van der Waals surface area contributed by atoms with Crippen LogP contribution in [0.3, 0.4) is 0 Å². The average Bonchev–Trinajstić information content (AvgIpc) is 3.15. The van der Waals surface area contributed by atoms with Crippen molar-refractivity contribution in [3.8, 4) is 0 Å². The second kappa shape index (κ2) is 6.56. The van der Waals surface area contributed by atoms with Crippen molar-refractivity contribution in [1.29, 1.82) is 0 Å². The molecule has 3 aliphatic rings. The minimum atomic E-state index is 0.282. The van der Waals surface area contributed by atoms with Gasteiger partial charge in [0.05, 0.1) is 0 Å². The lowest BCUT2D eigenvalue weighted by atomic mass is 9.95. The number of hydrogen-bond donors (Lipinski definition) is 1. The maximum atomic E-state index is 12.7. The quantitative estimate of drug-likeness (QED) is 0.907. The minimum Gasteiger partial charge on any atom is -0.342 e. The minimum absolute atomic E-state index is 0.282. The maximum absolute atomic E-state index is 12.7. The Morgan fingerprint density at radius 2 is 2.09 bits per heavy atom. The second-order valence-corrected chi connectivity index (χ2v) is 7.23. The van der Waals surface area contributed by atoms with Crippen LogP contribution in [0, 0.1) is 5.92 Å². The normalized spacial score (nSPS) is 25.4. The summed E-state index contributed by atoms with van der Waals surface area (Å²) in [6, 6.07) is 0. The summed E-state index contributed by atoms with van der Waals surface area (Å²) < 4.78 is 0. The highest BCUT2D eigenvalue weighted by atomic mass is 16.2. The van der Waals surface area contributed by atoms with E-state index in [0.29, 0.717) is 11.8 Å². The Kier molecular flexibility index (Phi) is 4.29. The number of nitrogens with zero attached hydrogens (tertiary/aromatic N) is 3. The summed E-state index contributed by atoms with van der Waals surface area (Å²) in [5.41, 5.74) is 2.43. The molecule has 0 spiro atoms. The van der Waals surface area contributed by atoms with E-state index >= 15 is 0 Å². The predicted octanol–water partition coefficient (Wildman–Crippen LogP) is 2.02. The monoisotopic (exact) mass is 314 g/mol. The van der Waals surface area contributed by atoms with Crippen molar-refractivity contribution in [1.82, 2.24) is 20.2 Å². The van der Waals surface area contributed by atoms with E-state index in [1.54, 1.807) is 0 Å². The van der Waals surface area contributed by atoms with Gasteiger partial charge in [-0.05, 0) is 25.7 Å². The first-order chi connectivity index (χ1) is 11.3. The summed E-state index contributed by atoms with van der Waals surface area (Å²) >= 11 is 0. The molecule has 3 heterocycles. The molecule has 124 valence electrons. The van der Waals surface area contributed by atoms with E-state index in [9.17, 15) is 4.79 Å². The first kappa shape index (κ1) is 15.1. The van der Waals surface area contributed by atoms with Gasteiger partial charge < -0.3 is 10.2 Å². The Bertz CT molecular complexity index is 582. The van der Waals surface area contributed by atoms with Crippen LogP contribution in [0.25, 0.3) is 0 Å². The molecule has 4 rings (SSSR count). The molecule has 5 heteroatoms. The fraction of sp³-hybridized carbons (Fsp3) is 0.722. The molecule has 2 fully saturated rings. The molecule has 1 atom stereocenters. The van der Waals surface area contributed by atoms with E-state index in [1.807, 2.05) is 6.20 Å². The van der Waals surface area contributed by atoms with Crippen molar-refractivity contribution in [2.75, 3.05) is 19.6 Å². The lowest BCUT2D eigenvalue weighted by molar-refractivity contribution is -0.136. The molecule has 2 aliphatic heterocycles. The SMILES string of the molecule is O=C(C1CCCC1)N1CCC[C@@H](c2ncc3c(n2)CCNC3)C1. The van der Waals surface area contributed by atoms with E-state index in [4.69, 9.17) is 4.98 Å². The number of piperidine rings is 1. The Balaban J connectivity index is 1.47. The third kappa shape index (κ3) is 3.11. The molecule has 1 saturated heterocycles. The van der Waals surface area contributed by atoms with Crippen molar-refractivity contribution >= 4 is 5.91 Å². The summed E-state index contributed by atoms with van der Waals surface area (Å²) in [4.78, 5) is 24.2. The maximum Gasteiger partial charge on any atom is 0.225 e. The van der Waals surface area contributed by atoms with Crippen molar-refractivity contribution < 1.29 is 4.79 Å². The summed E-state index contributed by atoms with van der Waals surface area (Å²) in [7, 11) is 0. The highest BCUT2D eigenvalue weighted by Crippen LogP contribution is 2.30. The Morgan fingerprint density at radius 1 is 1.22 bits per heavy atom. The zero-order valence-corrected chi connectivity index (χ0v) is 13.8. The predicted molar refractivity (Wildman–Crippen MR) is 88.0 cm³/mol. The van der Waals surface area contributed by atoms with Gasteiger partial charge >= 0.3 is 0 Å². The first-order valence-electron chi connectivity index (χ1n) is 9.15. The number of nitrogens with one attached hydrogen (secondary N) is 1. The van der Waals surface area contributed by atoms with Crippen LogP contribution in [0.4, 0.5) is 0 Å². The van der Waals surface area contributed by atoms with Gasteiger partial charge in [0.2, 0.25) is 5.91 Å². The molecule has 1 saturated carbocycles. The molecular formula is C18H26N4O. The van der Waals surface area contributed by atoms with Crippen LogP contribution >= 0.6 is 0 Å². The van der Waals surface area contributed by atoms with Gasteiger partial charge in [-0.15, -0.1) is 0 Å². The molecule has 1 N–H and O–H groups in total. The number of fused-ring (bicyclic) bond motifs is 1. The highest BCUT2D eigenvalue weighted by molar-refractivity contribution is 5.79. The van der Waals surface area contributed by atoms with Crippen molar-refractivity contribution in [3.63, 3.8) is 0 Å². The lowest BCUT2D eigenvalue weighted by Crippen LogP contribution is -2.42. The van der Waals surface area contributed by atoms with Crippen molar-refractivity contribution in [2.45, 2.75) is 57.4 Å². The van der Waals surface area contributed by atoms with Gasteiger partial charge in [-0.2, -0.15) is 0 Å². The number of carbonyl (C=O) groups is 1. The average molecular weight is 314 g/mol. The van der Waals surface area contributed by atoms with Crippen LogP contribution in [-0.2, 0) is 17.8 Å². The largest absolute Gasteiger partial charge is 0.342 e. The van der Waals surface area contributed by atoms with Crippen LogP contribution in [0.1, 0.15) is 61.5 Å². The third-order valence-corrected chi connectivity index (χ3v) is 5.63. The van der Waals surface area contributed by atoms with Gasteiger partial charge in [-0.3, -0.25) is 4.79 Å². The smallest absolute Gasteiger partial charge is 0.225 e. The molecule has 1 aromatic rings. The fourth-order valence-electron chi connectivity index (χ4n) is 4.27. The highest BCUT2D eigenvalue weighted by Gasteiger charge is 2.32. The Morgan fingerprint density at radius 3 is 2.96 bits per heavy atom. The number of aromatic nitrogens is 2. The van der Waals surface area contributed by atoms with Crippen molar-refractivity contribution in [2.24, 2.45) is 5.92 Å². The molecule has 0 unspecified atom stereocenters. The number of hydrogen-bond acceptors (Lipinski definition) is 4. The number of likely N-dealkylation sites (tertiary alicyclic amines) is 1. The van der Waals surface area contributed by atoms with Gasteiger partial charge in [-0.1, -0.05) is 12.8 Å². The first-order valence-corrected chi connectivity index (χ1v) is 9.15. The van der Waals surface area contributed by atoms with Crippen LogP contribution in [0.2, 0.25) is 0 Å². The summed E-state index contributed by atoms with van der Waals surface area (Å²) in [6.07, 6.45) is 9.76. The molecule has 0 bridgehead atoms. The third-order valence-electron chi connectivity index (χ3n) is 5.63.